The fraction of sp³-hybridized carbons (Fsp3) is 0.167. The molecule has 19 heavy (non-hydrogen) atoms. The molecule has 2 aromatic rings. The smallest absolute Gasteiger partial charge is 0.297 e. The molecule has 0 N–H and O–H groups in total. The summed E-state index contributed by atoms with van der Waals surface area (Å²) in [6.07, 6.45) is 1.36. The van der Waals surface area contributed by atoms with E-state index in [-0.39, 0.29) is 16.5 Å². The van der Waals surface area contributed by atoms with Gasteiger partial charge in [0.25, 0.3) is 5.56 Å². The molecule has 0 unspecified atom stereocenters. The third kappa shape index (κ3) is 3.03. The van der Waals surface area contributed by atoms with Gasteiger partial charge in [-0.2, -0.15) is 0 Å². The molecule has 0 aliphatic heterocycles. The second kappa shape index (κ2) is 5.82. The number of halogens is 3. The molecule has 0 bridgehead atoms. The minimum atomic E-state index is -0.353. The summed E-state index contributed by atoms with van der Waals surface area (Å²) in [6, 6.07) is 5.14. The van der Waals surface area contributed by atoms with Crippen molar-refractivity contribution in [1.29, 1.82) is 0 Å². The van der Waals surface area contributed by atoms with Gasteiger partial charge in [0.15, 0.2) is 5.15 Å². The molecule has 0 spiro atoms. The predicted molar refractivity (Wildman–Crippen MR) is 75.6 cm³/mol. The van der Waals surface area contributed by atoms with Crippen LogP contribution < -0.4 is 10.3 Å². The van der Waals surface area contributed by atoms with E-state index in [9.17, 15) is 4.79 Å². The van der Waals surface area contributed by atoms with Crippen molar-refractivity contribution in [2.45, 2.75) is 6.54 Å². The maximum atomic E-state index is 12.0. The van der Waals surface area contributed by atoms with Gasteiger partial charge >= 0.3 is 0 Å². The molecule has 0 amide bonds. The van der Waals surface area contributed by atoms with E-state index in [0.717, 1.165) is 5.56 Å². The van der Waals surface area contributed by atoms with E-state index in [1.165, 1.54) is 18.0 Å². The fourth-order valence-electron chi connectivity index (χ4n) is 1.57. The van der Waals surface area contributed by atoms with Crippen LogP contribution >= 0.6 is 34.8 Å². The summed E-state index contributed by atoms with van der Waals surface area (Å²) < 4.78 is 6.30. The van der Waals surface area contributed by atoms with Crippen LogP contribution in [0.1, 0.15) is 5.56 Å². The summed E-state index contributed by atoms with van der Waals surface area (Å²) in [4.78, 5) is 15.9. The molecule has 0 saturated carbocycles. The molecule has 0 aliphatic rings. The minimum Gasteiger partial charge on any atom is -0.489 e. The van der Waals surface area contributed by atoms with Gasteiger partial charge in [-0.1, -0.05) is 40.9 Å². The minimum absolute atomic E-state index is 0.0178. The van der Waals surface area contributed by atoms with E-state index in [4.69, 9.17) is 39.5 Å². The average molecular weight is 320 g/mol. The van der Waals surface area contributed by atoms with E-state index in [0.29, 0.717) is 16.6 Å². The second-order valence-electron chi connectivity index (χ2n) is 3.75. The van der Waals surface area contributed by atoms with Crippen molar-refractivity contribution in [1.82, 2.24) is 9.55 Å². The van der Waals surface area contributed by atoms with Crippen LogP contribution in [0.15, 0.2) is 29.3 Å². The number of rotatable bonds is 3. The van der Waals surface area contributed by atoms with Crippen LogP contribution in [0.5, 0.6) is 5.75 Å². The second-order valence-corrected chi connectivity index (χ2v) is 4.92. The highest BCUT2D eigenvalue weighted by molar-refractivity contribution is 6.42. The number of hydrogen-bond donors (Lipinski definition) is 0. The van der Waals surface area contributed by atoms with Crippen molar-refractivity contribution in [2.75, 3.05) is 7.11 Å². The van der Waals surface area contributed by atoms with E-state index in [1.54, 1.807) is 18.2 Å². The summed E-state index contributed by atoms with van der Waals surface area (Å²) in [6.45, 7) is 0.302. The first-order chi connectivity index (χ1) is 9.02. The Morgan fingerprint density at radius 2 is 2.00 bits per heavy atom. The Morgan fingerprint density at radius 3 is 2.63 bits per heavy atom. The largest absolute Gasteiger partial charge is 0.489 e. The average Bonchev–Trinajstić information content (AvgIpc) is 2.38. The van der Waals surface area contributed by atoms with Crippen molar-refractivity contribution < 1.29 is 4.74 Å². The van der Waals surface area contributed by atoms with E-state index in [2.05, 4.69) is 4.98 Å². The normalized spacial score (nSPS) is 10.5. The third-order valence-corrected chi connectivity index (χ3v) is 3.50. The van der Waals surface area contributed by atoms with Crippen molar-refractivity contribution in [3.8, 4) is 5.75 Å². The van der Waals surface area contributed by atoms with E-state index < -0.39 is 0 Å². The molecular weight excluding hydrogens is 311 g/mol. The molecule has 0 fully saturated rings. The maximum absolute atomic E-state index is 12.0. The molecule has 7 heteroatoms. The lowest BCUT2D eigenvalue weighted by atomic mass is 10.2. The first kappa shape index (κ1) is 14.2. The number of methoxy groups -OCH3 is 1. The Labute approximate surface area is 124 Å². The summed E-state index contributed by atoms with van der Waals surface area (Å²) in [5, 5.41) is 0.934. The first-order valence-electron chi connectivity index (χ1n) is 5.25. The third-order valence-electron chi connectivity index (χ3n) is 2.49. The van der Waals surface area contributed by atoms with Crippen molar-refractivity contribution in [2.24, 2.45) is 0 Å². The van der Waals surface area contributed by atoms with Gasteiger partial charge in [0.05, 0.1) is 30.0 Å². The highest BCUT2D eigenvalue weighted by Gasteiger charge is 2.10. The quantitative estimate of drug-likeness (QED) is 0.816. The maximum Gasteiger partial charge on any atom is 0.297 e. The molecule has 0 saturated heterocycles. The van der Waals surface area contributed by atoms with Crippen LogP contribution in [-0.4, -0.2) is 16.7 Å². The molecule has 1 heterocycles. The number of aromatic nitrogens is 2. The van der Waals surface area contributed by atoms with Crippen LogP contribution in [0.25, 0.3) is 0 Å². The Morgan fingerprint density at radius 1 is 1.26 bits per heavy atom. The molecular formula is C12H9Cl3N2O2. The number of ether oxygens (including phenoxy) is 1. The first-order valence-corrected chi connectivity index (χ1v) is 6.39. The monoisotopic (exact) mass is 318 g/mol. The molecule has 1 aromatic heterocycles. The van der Waals surface area contributed by atoms with E-state index in [1.807, 2.05) is 0 Å². The molecule has 2 rings (SSSR count). The summed E-state index contributed by atoms with van der Waals surface area (Å²) >= 11 is 17.5. The molecule has 0 radical (unpaired) electrons. The fourth-order valence-corrected chi connectivity index (χ4v) is 2.09. The van der Waals surface area contributed by atoms with E-state index >= 15 is 0 Å². The number of nitrogens with zero attached hydrogens (tertiary/aromatic N) is 2. The molecule has 4 nitrogen and oxygen atoms in total. The molecule has 0 aliphatic carbocycles. The van der Waals surface area contributed by atoms with Gasteiger partial charge in [0.2, 0.25) is 5.75 Å². The summed E-state index contributed by atoms with van der Waals surface area (Å²) in [7, 11) is 1.37. The Kier molecular flexibility index (Phi) is 4.34. The Balaban J connectivity index is 2.38. The number of benzene rings is 1. The Hall–Kier alpha value is -1.23. The van der Waals surface area contributed by atoms with Gasteiger partial charge in [0, 0.05) is 0 Å². The highest BCUT2D eigenvalue weighted by Crippen LogP contribution is 2.23. The number of hydrogen-bond acceptors (Lipinski definition) is 3. The van der Waals surface area contributed by atoms with Gasteiger partial charge in [-0.25, -0.2) is 4.98 Å². The van der Waals surface area contributed by atoms with Gasteiger partial charge in [-0.3, -0.25) is 9.36 Å². The summed E-state index contributed by atoms with van der Waals surface area (Å²) in [5.41, 5.74) is 0.469. The van der Waals surface area contributed by atoms with Crippen LogP contribution in [-0.2, 0) is 6.54 Å². The van der Waals surface area contributed by atoms with Crippen LogP contribution in [0.2, 0.25) is 15.2 Å². The molecule has 100 valence electrons. The van der Waals surface area contributed by atoms with Crippen molar-refractivity contribution in [3.05, 3.63) is 55.6 Å². The van der Waals surface area contributed by atoms with Crippen molar-refractivity contribution in [3.63, 3.8) is 0 Å². The lowest BCUT2D eigenvalue weighted by Gasteiger charge is -2.08. The van der Waals surface area contributed by atoms with Crippen molar-refractivity contribution >= 4 is 34.8 Å². The lowest BCUT2D eigenvalue weighted by Crippen LogP contribution is -2.22. The zero-order valence-electron chi connectivity index (χ0n) is 9.86. The molecule has 1 aromatic carbocycles. The van der Waals surface area contributed by atoms with Gasteiger partial charge in [0.1, 0.15) is 0 Å². The zero-order valence-corrected chi connectivity index (χ0v) is 12.1. The van der Waals surface area contributed by atoms with Gasteiger partial charge < -0.3 is 4.74 Å². The highest BCUT2D eigenvalue weighted by atomic mass is 35.5. The van der Waals surface area contributed by atoms with Crippen LogP contribution in [0, 0.1) is 0 Å². The van der Waals surface area contributed by atoms with Crippen LogP contribution in [0.4, 0.5) is 0 Å². The van der Waals surface area contributed by atoms with Gasteiger partial charge in [-0.15, -0.1) is 0 Å². The standard InChI is InChI=1S/C12H9Cl3N2O2/c1-19-10-11(15)16-6-17(12(10)18)5-7-2-3-8(13)9(14)4-7/h2-4,6H,5H2,1H3. The SMILES string of the molecule is COc1c(Cl)ncn(Cc2ccc(Cl)c(Cl)c2)c1=O. The Bertz CT molecular complexity index is 671. The molecule has 0 atom stereocenters. The lowest BCUT2D eigenvalue weighted by molar-refractivity contribution is 0.401. The predicted octanol–water partition coefficient (Wildman–Crippen LogP) is 3.26. The topological polar surface area (TPSA) is 44.1 Å². The van der Waals surface area contributed by atoms with Gasteiger partial charge in [-0.05, 0) is 17.7 Å². The summed E-state index contributed by atoms with van der Waals surface area (Å²) in [5.74, 6) is 0.0178. The van der Waals surface area contributed by atoms with Crippen LogP contribution in [0.3, 0.4) is 0 Å². The zero-order chi connectivity index (χ0) is 14.0.